The van der Waals surface area contributed by atoms with Gasteiger partial charge in [0.15, 0.2) is 0 Å². The molecule has 0 bridgehead atoms. The zero-order valence-corrected chi connectivity index (χ0v) is 21.1. The summed E-state index contributed by atoms with van der Waals surface area (Å²) in [6, 6.07) is 4.89. The van der Waals surface area contributed by atoms with Crippen molar-refractivity contribution in [1.29, 1.82) is 0 Å². The number of nitrogens with zero attached hydrogens (tertiary/aromatic N) is 3. The van der Waals surface area contributed by atoms with Crippen LogP contribution in [0, 0.1) is 11.7 Å². The summed E-state index contributed by atoms with van der Waals surface area (Å²) in [4.78, 5) is 36.4. The number of carbonyl (C=O) groups is 1. The summed E-state index contributed by atoms with van der Waals surface area (Å²) >= 11 is 0. The zero-order chi connectivity index (χ0) is 29.2. The second kappa shape index (κ2) is 11.3. The number of piperidine rings is 1. The van der Waals surface area contributed by atoms with Crippen LogP contribution < -0.4 is 15.8 Å². The zero-order valence-electron chi connectivity index (χ0n) is 21.1. The molecule has 0 spiro atoms. The predicted octanol–water partition coefficient (Wildman–Crippen LogP) is 5.10. The van der Waals surface area contributed by atoms with E-state index >= 15 is 4.39 Å². The molecule has 1 aromatic carbocycles. The number of hydrogen-bond donors (Lipinski definition) is 2. The fourth-order valence-corrected chi connectivity index (χ4v) is 4.47. The normalized spacial score (nSPS) is 14.8. The second-order valence-electron chi connectivity index (χ2n) is 9.28. The molecular weight excluding hydrogens is 547 g/mol. The molecule has 4 rings (SSSR count). The molecule has 0 atom stereocenters. The summed E-state index contributed by atoms with van der Waals surface area (Å²) < 4.78 is 94.8. The molecule has 0 unspecified atom stereocenters. The van der Waals surface area contributed by atoms with Crippen LogP contribution in [-0.4, -0.2) is 33.9 Å². The van der Waals surface area contributed by atoms with Gasteiger partial charge in [-0.1, -0.05) is 13.0 Å². The number of nitrogens with one attached hydrogen (secondary N) is 2. The van der Waals surface area contributed by atoms with Crippen molar-refractivity contribution in [2.45, 2.75) is 45.1 Å². The van der Waals surface area contributed by atoms with E-state index in [1.807, 2.05) is 0 Å². The Balaban J connectivity index is 1.46. The van der Waals surface area contributed by atoms with Crippen LogP contribution in [0.2, 0.25) is 0 Å². The fraction of sp³-hybridized carbons (Fsp3) is 0.385. The quantitative estimate of drug-likeness (QED) is 0.402. The van der Waals surface area contributed by atoms with Crippen LogP contribution in [0.15, 0.2) is 41.3 Å². The standard InChI is InChI=1S/C26H24F7N5O2/c1-2-17-11-20(39)37-23(36-17)21-18(26(31,32)33)5-3-15(22(21)27)12-35-24(40)14-7-9-38(10-8-14)19-6-4-16(13-34-19)25(28,29)30/h3-6,11,13-14H,2,7-10,12H2,1H3,(H,35,40)(H,36,37,39). The van der Waals surface area contributed by atoms with Crippen molar-refractivity contribution in [2.75, 3.05) is 18.0 Å². The molecule has 1 saturated heterocycles. The third-order valence-electron chi connectivity index (χ3n) is 6.64. The van der Waals surface area contributed by atoms with Gasteiger partial charge in [-0.05, 0) is 37.5 Å². The van der Waals surface area contributed by atoms with E-state index in [0.717, 1.165) is 24.4 Å². The molecule has 3 heterocycles. The van der Waals surface area contributed by atoms with Crippen LogP contribution in [0.3, 0.4) is 0 Å². The summed E-state index contributed by atoms with van der Waals surface area (Å²) in [7, 11) is 0. The molecule has 1 aliphatic heterocycles. The van der Waals surface area contributed by atoms with Crippen LogP contribution in [0.4, 0.5) is 36.6 Å². The third kappa shape index (κ3) is 6.42. The molecule has 7 nitrogen and oxygen atoms in total. The van der Waals surface area contributed by atoms with E-state index in [1.165, 1.54) is 6.07 Å². The summed E-state index contributed by atoms with van der Waals surface area (Å²) in [6.07, 6.45) is -7.78. The van der Waals surface area contributed by atoms with Gasteiger partial charge in [0.1, 0.15) is 17.5 Å². The van der Waals surface area contributed by atoms with Crippen LogP contribution in [0.5, 0.6) is 0 Å². The van der Waals surface area contributed by atoms with E-state index in [9.17, 15) is 35.9 Å². The van der Waals surface area contributed by atoms with E-state index in [4.69, 9.17) is 0 Å². The number of anilines is 1. The summed E-state index contributed by atoms with van der Waals surface area (Å²) in [5.74, 6) is -2.44. The Labute approximate surface area is 223 Å². The monoisotopic (exact) mass is 571 g/mol. The number of hydrogen-bond acceptors (Lipinski definition) is 5. The van der Waals surface area contributed by atoms with Gasteiger partial charge in [0.05, 0.1) is 16.7 Å². The van der Waals surface area contributed by atoms with Gasteiger partial charge < -0.3 is 15.2 Å². The molecule has 0 aliphatic carbocycles. The van der Waals surface area contributed by atoms with Crippen molar-refractivity contribution >= 4 is 11.7 Å². The van der Waals surface area contributed by atoms with E-state index in [0.29, 0.717) is 37.8 Å². The van der Waals surface area contributed by atoms with Crippen LogP contribution in [-0.2, 0) is 30.1 Å². The van der Waals surface area contributed by atoms with Gasteiger partial charge in [0.2, 0.25) is 5.91 Å². The molecule has 0 radical (unpaired) electrons. The van der Waals surface area contributed by atoms with Gasteiger partial charge >= 0.3 is 12.4 Å². The first-order valence-electron chi connectivity index (χ1n) is 12.3. The Morgan fingerprint density at radius 2 is 1.77 bits per heavy atom. The van der Waals surface area contributed by atoms with Gasteiger partial charge in [0.25, 0.3) is 5.56 Å². The van der Waals surface area contributed by atoms with Gasteiger partial charge in [-0.2, -0.15) is 26.3 Å². The van der Waals surface area contributed by atoms with Crippen molar-refractivity contribution in [3.63, 3.8) is 0 Å². The van der Waals surface area contributed by atoms with Crippen LogP contribution >= 0.6 is 0 Å². The Morgan fingerprint density at radius 3 is 2.35 bits per heavy atom. The SMILES string of the molecule is CCc1cc(=O)[nH]c(-c2c(C(F)(F)F)ccc(CNC(=O)C3CCN(c4ccc(C(F)(F)F)cn4)CC3)c2F)n1. The Morgan fingerprint density at radius 1 is 1.07 bits per heavy atom. The highest BCUT2D eigenvalue weighted by molar-refractivity contribution is 5.79. The number of alkyl halides is 6. The summed E-state index contributed by atoms with van der Waals surface area (Å²) in [5, 5.41) is 2.55. The first kappa shape index (κ1) is 29.0. The molecule has 214 valence electrons. The molecular formula is C26H24F7N5O2. The lowest BCUT2D eigenvalue weighted by atomic mass is 9.95. The van der Waals surface area contributed by atoms with Crippen molar-refractivity contribution in [1.82, 2.24) is 20.3 Å². The lowest BCUT2D eigenvalue weighted by molar-refractivity contribution is -0.138. The van der Waals surface area contributed by atoms with Gasteiger partial charge in [-0.3, -0.25) is 9.59 Å². The lowest BCUT2D eigenvalue weighted by Crippen LogP contribution is -2.40. The number of benzene rings is 1. The molecule has 40 heavy (non-hydrogen) atoms. The van der Waals surface area contributed by atoms with E-state index in [-0.39, 0.29) is 17.7 Å². The first-order chi connectivity index (χ1) is 18.8. The number of H-pyrrole nitrogens is 1. The molecule has 1 amide bonds. The van der Waals surface area contributed by atoms with Crippen molar-refractivity contribution in [3.8, 4) is 11.4 Å². The maximum Gasteiger partial charge on any atom is 0.417 e. The maximum atomic E-state index is 15.5. The highest BCUT2D eigenvalue weighted by Crippen LogP contribution is 2.38. The molecule has 1 fully saturated rings. The Bertz CT molecular complexity index is 1430. The number of pyridine rings is 1. The lowest BCUT2D eigenvalue weighted by Gasteiger charge is -2.32. The first-order valence-corrected chi connectivity index (χ1v) is 12.3. The van der Waals surface area contributed by atoms with Crippen molar-refractivity contribution in [2.24, 2.45) is 5.92 Å². The minimum absolute atomic E-state index is 0.183. The molecule has 2 aromatic heterocycles. The average Bonchev–Trinajstić information content (AvgIpc) is 2.90. The third-order valence-corrected chi connectivity index (χ3v) is 6.64. The van der Waals surface area contributed by atoms with E-state index in [2.05, 4.69) is 20.3 Å². The number of rotatable bonds is 6. The van der Waals surface area contributed by atoms with Crippen LogP contribution in [0.25, 0.3) is 11.4 Å². The summed E-state index contributed by atoms with van der Waals surface area (Å²) in [6.45, 7) is 1.90. The molecule has 3 aromatic rings. The largest absolute Gasteiger partial charge is 0.417 e. The van der Waals surface area contributed by atoms with E-state index in [1.54, 1.807) is 11.8 Å². The topological polar surface area (TPSA) is 91.0 Å². The number of aromatic amines is 1. The minimum Gasteiger partial charge on any atom is -0.357 e. The Kier molecular flexibility index (Phi) is 8.17. The van der Waals surface area contributed by atoms with Crippen molar-refractivity contribution in [3.05, 3.63) is 75.1 Å². The van der Waals surface area contributed by atoms with Crippen LogP contribution in [0.1, 0.15) is 42.1 Å². The highest BCUT2D eigenvalue weighted by atomic mass is 19.4. The number of carbonyl (C=O) groups excluding carboxylic acids is 1. The number of halogens is 7. The number of aryl methyl sites for hydroxylation is 1. The van der Waals surface area contributed by atoms with Gasteiger partial charge in [0, 0.05) is 49.1 Å². The van der Waals surface area contributed by atoms with Crippen molar-refractivity contribution < 1.29 is 35.5 Å². The number of aromatic nitrogens is 3. The smallest absolute Gasteiger partial charge is 0.357 e. The van der Waals surface area contributed by atoms with Gasteiger partial charge in [-0.15, -0.1) is 0 Å². The predicted molar refractivity (Wildman–Crippen MR) is 131 cm³/mol. The maximum absolute atomic E-state index is 15.5. The summed E-state index contributed by atoms with van der Waals surface area (Å²) in [5.41, 5.74) is -3.88. The Hall–Kier alpha value is -3.97. The highest BCUT2D eigenvalue weighted by Gasteiger charge is 2.37. The van der Waals surface area contributed by atoms with Gasteiger partial charge in [-0.25, -0.2) is 14.4 Å². The molecule has 1 aliphatic rings. The minimum atomic E-state index is -4.94. The fourth-order valence-electron chi connectivity index (χ4n) is 4.47. The molecule has 0 saturated carbocycles. The second-order valence-corrected chi connectivity index (χ2v) is 9.28. The van der Waals surface area contributed by atoms with E-state index < -0.39 is 64.6 Å². The number of amides is 1. The average molecular weight is 571 g/mol. The molecule has 2 N–H and O–H groups in total. The molecule has 14 heteroatoms.